The van der Waals surface area contributed by atoms with Crippen molar-refractivity contribution in [2.24, 2.45) is 5.92 Å². The van der Waals surface area contributed by atoms with Crippen LogP contribution in [-0.2, 0) is 11.3 Å². The molecule has 0 aliphatic heterocycles. The summed E-state index contributed by atoms with van der Waals surface area (Å²) >= 11 is 1.43. The first-order valence-electron chi connectivity index (χ1n) is 5.15. The molecule has 0 unspecified atom stereocenters. The molecule has 1 aromatic heterocycles. The minimum atomic E-state index is -1.03. The van der Waals surface area contributed by atoms with Gasteiger partial charge in [0.2, 0.25) is 0 Å². The van der Waals surface area contributed by atoms with Crippen LogP contribution < -0.4 is 10.6 Å². The minimum Gasteiger partial charge on any atom is -0.480 e. The van der Waals surface area contributed by atoms with Crippen LogP contribution in [-0.4, -0.2) is 28.1 Å². The Morgan fingerprint density at radius 1 is 1.53 bits per heavy atom. The van der Waals surface area contributed by atoms with Gasteiger partial charge in [0.1, 0.15) is 6.04 Å². The molecule has 1 heterocycles. The monoisotopic (exact) mass is 257 g/mol. The molecular weight excluding hydrogens is 242 g/mol. The second kappa shape index (κ2) is 6.19. The maximum atomic E-state index is 11.5. The summed E-state index contributed by atoms with van der Waals surface area (Å²) in [7, 11) is 0. The van der Waals surface area contributed by atoms with Crippen LogP contribution in [0.2, 0.25) is 0 Å². The number of amides is 2. The van der Waals surface area contributed by atoms with Gasteiger partial charge in [-0.3, -0.25) is 4.98 Å². The van der Waals surface area contributed by atoms with Crippen molar-refractivity contribution in [3.05, 3.63) is 16.6 Å². The van der Waals surface area contributed by atoms with E-state index < -0.39 is 18.0 Å². The normalized spacial score (nSPS) is 12.2. The summed E-state index contributed by atoms with van der Waals surface area (Å²) in [6.45, 7) is 3.82. The van der Waals surface area contributed by atoms with Crippen molar-refractivity contribution in [2.45, 2.75) is 26.4 Å². The lowest BCUT2D eigenvalue weighted by atomic mass is 10.1. The molecule has 1 aromatic rings. The molecule has 0 aliphatic carbocycles. The highest BCUT2D eigenvalue weighted by Crippen LogP contribution is 2.04. The number of carboxylic acid groups (broad SMARTS) is 1. The molecule has 3 N–H and O–H groups in total. The van der Waals surface area contributed by atoms with Crippen molar-refractivity contribution in [2.75, 3.05) is 0 Å². The van der Waals surface area contributed by atoms with Gasteiger partial charge in [-0.05, 0) is 5.92 Å². The topological polar surface area (TPSA) is 91.3 Å². The van der Waals surface area contributed by atoms with Gasteiger partial charge < -0.3 is 15.7 Å². The molecule has 6 nitrogen and oxygen atoms in total. The van der Waals surface area contributed by atoms with Gasteiger partial charge in [0.15, 0.2) is 0 Å². The fourth-order valence-corrected chi connectivity index (χ4v) is 1.74. The quantitative estimate of drug-likeness (QED) is 0.735. The molecule has 0 spiro atoms. The van der Waals surface area contributed by atoms with Crippen LogP contribution >= 0.6 is 11.3 Å². The van der Waals surface area contributed by atoms with Crippen molar-refractivity contribution in [1.82, 2.24) is 15.6 Å². The Labute approximate surface area is 103 Å². The summed E-state index contributed by atoms with van der Waals surface area (Å²) in [6, 6.07) is -1.36. The zero-order chi connectivity index (χ0) is 12.8. The Balaban J connectivity index is 2.40. The molecule has 1 atom stereocenters. The molecule has 0 fully saturated rings. The minimum absolute atomic E-state index is 0.165. The number of rotatable bonds is 5. The molecule has 17 heavy (non-hydrogen) atoms. The number of carbonyl (C=O) groups is 2. The van der Waals surface area contributed by atoms with E-state index in [9.17, 15) is 9.59 Å². The number of aliphatic carboxylic acids is 1. The molecule has 2 amide bonds. The van der Waals surface area contributed by atoms with Gasteiger partial charge in [0.25, 0.3) is 0 Å². The van der Waals surface area contributed by atoms with Crippen LogP contribution in [0.15, 0.2) is 11.7 Å². The maximum Gasteiger partial charge on any atom is 0.326 e. The van der Waals surface area contributed by atoms with Crippen LogP contribution in [0.25, 0.3) is 0 Å². The van der Waals surface area contributed by atoms with E-state index in [1.165, 1.54) is 11.3 Å². The van der Waals surface area contributed by atoms with Gasteiger partial charge in [0, 0.05) is 11.1 Å². The first-order valence-corrected chi connectivity index (χ1v) is 6.03. The van der Waals surface area contributed by atoms with Crippen molar-refractivity contribution < 1.29 is 14.7 Å². The number of nitrogens with one attached hydrogen (secondary N) is 2. The fraction of sp³-hybridized carbons (Fsp3) is 0.500. The summed E-state index contributed by atoms with van der Waals surface area (Å²) < 4.78 is 0. The average Bonchev–Trinajstić information content (AvgIpc) is 2.74. The van der Waals surface area contributed by atoms with E-state index in [4.69, 9.17) is 5.11 Å². The molecule has 0 aliphatic rings. The standard InChI is InChI=1S/C10H15N3O3S/c1-6(2)8(9(14)15)13-10(16)12-4-7-3-11-5-17-7/h3,5-6,8H,4H2,1-2H3,(H,14,15)(H2,12,13,16)/t8-/m0/s1. The van der Waals surface area contributed by atoms with Crippen molar-refractivity contribution in [1.29, 1.82) is 0 Å². The van der Waals surface area contributed by atoms with E-state index >= 15 is 0 Å². The van der Waals surface area contributed by atoms with E-state index in [0.717, 1.165) is 4.88 Å². The number of carbonyl (C=O) groups excluding carboxylic acids is 1. The van der Waals surface area contributed by atoms with Gasteiger partial charge in [0.05, 0.1) is 12.1 Å². The molecule has 0 saturated heterocycles. The fourth-order valence-electron chi connectivity index (χ4n) is 1.20. The highest BCUT2D eigenvalue weighted by molar-refractivity contribution is 7.09. The predicted octanol–water partition coefficient (Wildman–Crippen LogP) is 1.05. The van der Waals surface area contributed by atoms with Gasteiger partial charge in [-0.15, -0.1) is 11.3 Å². The third-order valence-electron chi connectivity index (χ3n) is 2.13. The summed E-state index contributed by atoms with van der Waals surface area (Å²) in [5.41, 5.74) is 1.67. The van der Waals surface area contributed by atoms with Gasteiger partial charge in [-0.25, -0.2) is 9.59 Å². The van der Waals surface area contributed by atoms with Crippen LogP contribution in [0, 0.1) is 5.92 Å². The highest BCUT2D eigenvalue weighted by Gasteiger charge is 2.23. The van der Waals surface area contributed by atoms with E-state index in [0.29, 0.717) is 6.54 Å². The Morgan fingerprint density at radius 2 is 2.24 bits per heavy atom. The Kier molecular flexibility index (Phi) is 4.89. The van der Waals surface area contributed by atoms with Crippen LogP contribution in [0.5, 0.6) is 0 Å². The van der Waals surface area contributed by atoms with Gasteiger partial charge >= 0.3 is 12.0 Å². The third-order valence-corrected chi connectivity index (χ3v) is 2.91. The van der Waals surface area contributed by atoms with E-state index in [1.807, 2.05) is 0 Å². The number of hydrogen-bond donors (Lipinski definition) is 3. The summed E-state index contributed by atoms with van der Waals surface area (Å²) in [4.78, 5) is 27.1. The lowest BCUT2D eigenvalue weighted by Gasteiger charge is -2.17. The van der Waals surface area contributed by atoms with Crippen LogP contribution in [0.3, 0.4) is 0 Å². The third kappa shape index (κ3) is 4.39. The largest absolute Gasteiger partial charge is 0.480 e. The summed E-state index contributed by atoms with van der Waals surface area (Å²) in [5, 5.41) is 13.9. The molecule has 0 bridgehead atoms. The maximum absolute atomic E-state index is 11.5. The molecule has 0 saturated carbocycles. The molecular formula is C10H15N3O3S. The first kappa shape index (κ1) is 13.4. The Bertz CT molecular complexity index is 378. The smallest absolute Gasteiger partial charge is 0.326 e. The summed E-state index contributed by atoms with van der Waals surface area (Å²) in [6.07, 6.45) is 1.65. The van der Waals surface area contributed by atoms with Crippen molar-refractivity contribution in [3.63, 3.8) is 0 Å². The van der Waals surface area contributed by atoms with Crippen molar-refractivity contribution >= 4 is 23.3 Å². The van der Waals surface area contributed by atoms with Gasteiger partial charge in [-0.2, -0.15) is 0 Å². The predicted molar refractivity (Wildman–Crippen MR) is 63.7 cm³/mol. The molecule has 94 valence electrons. The van der Waals surface area contributed by atoms with E-state index in [2.05, 4.69) is 15.6 Å². The lowest BCUT2D eigenvalue weighted by molar-refractivity contribution is -0.140. The second-order valence-electron chi connectivity index (χ2n) is 3.85. The number of thiazole rings is 1. The first-order chi connectivity index (χ1) is 8.00. The molecule has 1 rings (SSSR count). The van der Waals surface area contributed by atoms with Gasteiger partial charge in [-0.1, -0.05) is 13.8 Å². The lowest BCUT2D eigenvalue weighted by Crippen LogP contribution is -2.48. The zero-order valence-electron chi connectivity index (χ0n) is 9.64. The molecule has 0 radical (unpaired) electrons. The van der Waals surface area contributed by atoms with Crippen molar-refractivity contribution in [3.8, 4) is 0 Å². The second-order valence-corrected chi connectivity index (χ2v) is 4.83. The van der Waals surface area contributed by atoms with E-state index in [1.54, 1.807) is 25.6 Å². The number of aromatic nitrogens is 1. The van der Waals surface area contributed by atoms with Crippen LogP contribution in [0.4, 0.5) is 4.79 Å². The molecule has 7 heteroatoms. The average molecular weight is 257 g/mol. The van der Waals surface area contributed by atoms with Crippen LogP contribution in [0.1, 0.15) is 18.7 Å². The number of carboxylic acids is 1. The Morgan fingerprint density at radius 3 is 2.71 bits per heavy atom. The number of nitrogens with zero attached hydrogens (tertiary/aromatic N) is 1. The molecule has 0 aromatic carbocycles. The summed E-state index contributed by atoms with van der Waals surface area (Å²) in [5.74, 6) is -1.20. The SMILES string of the molecule is CC(C)[C@H](NC(=O)NCc1cncs1)C(=O)O. The van der Waals surface area contributed by atoms with E-state index in [-0.39, 0.29) is 5.92 Å². The zero-order valence-corrected chi connectivity index (χ0v) is 10.5. The number of hydrogen-bond acceptors (Lipinski definition) is 4. The number of urea groups is 1. The Hall–Kier alpha value is -1.63. The highest BCUT2D eigenvalue weighted by atomic mass is 32.1.